The predicted molar refractivity (Wildman–Crippen MR) is 39.6 cm³/mol. The highest BCUT2D eigenvalue weighted by atomic mass is 32.2. The molecule has 1 aliphatic heterocycles. The van der Waals surface area contributed by atoms with Gasteiger partial charge in [-0.15, -0.1) is 0 Å². The van der Waals surface area contributed by atoms with Gasteiger partial charge in [0.2, 0.25) is 5.91 Å². The third kappa shape index (κ3) is 1.39. The van der Waals surface area contributed by atoms with Crippen LogP contribution in [0.25, 0.3) is 0 Å². The minimum atomic E-state index is 0.209. The normalized spacial score (nSPS) is 19.6. The molecule has 2 nitrogen and oxygen atoms in total. The fourth-order valence-electron chi connectivity index (χ4n) is 0.844. The number of rotatable bonds is 1. The number of carbonyl (C=O) groups excluding carboxylic acids is 1. The summed E-state index contributed by atoms with van der Waals surface area (Å²) in [6.07, 6.45) is 2.09. The van der Waals surface area contributed by atoms with Gasteiger partial charge < -0.3 is 4.90 Å². The maximum atomic E-state index is 10.6. The summed E-state index contributed by atoms with van der Waals surface area (Å²) in [5, 5.41) is 0.703. The Bertz CT molecular complexity index is 120. The second-order valence-corrected chi connectivity index (χ2v) is 3.42. The third-order valence-electron chi connectivity index (χ3n) is 1.63. The van der Waals surface area contributed by atoms with Crippen molar-refractivity contribution in [3.63, 3.8) is 0 Å². The minimum Gasteiger partial charge on any atom is -0.341 e. The quantitative estimate of drug-likeness (QED) is 0.538. The molecule has 0 atom stereocenters. The molecule has 0 aromatic rings. The second-order valence-electron chi connectivity index (χ2n) is 2.28. The van der Waals surface area contributed by atoms with Crippen LogP contribution in [0.1, 0.15) is 6.92 Å². The molecule has 0 aromatic heterocycles. The van der Waals surface area contributed by atoms with Gasteiger partial charge in [0.05, 0.1) is 0 Å². The van der Waals surface area contributed by atoms with E-state index < -0.39 is 0 Å². The van der Waals surface area contributed by atoms with Gasteiger partial charge in [0, 0.05) is 25.3 Å². The first-order valence-corrected chi connectivity index (χ1v) is 4.31. The topological polar surface area (TPSA) is 20.3 Å². The summed E-state index contributed by atoms with van der Waals surface area (Å²) in [5.41, 5.74) is 0. The molecule has 1 heterocycles. The van der Waals surface area contributed by atoms with Crippen LogP contribution in [-0.4, -0.2) is 35.4 Å². The van der Waals surface area contributed by atoms with Gasteiger partial charge >= 0.3 is 0 Å². The highest BCUT2D eigenvalue weighted by molar-refractivity contribution is 7.99. The second kappa shape index (κ2) is 2.60. The summed E-state index contributed by atoms with van der Waals surface area (Å²) in [7, 11) is 0. The first-order valence-electron chi connectivity index (χ1n) is 3.02. The molecule has 0 N–H and O–H groups in total. The number of thioether (sulfide) groups is 1. The largest absolute Gasteiger partial charge is 0.341 e. The molecule has 3 heteroatoms. The maximum Gasteiger partial charge on any atom is 0.219 e. The molecule has 52 valence electrons. The smallest absolute Gasteiger partial charge is 0.219 e. The van der Waals surface area contributed by atoms with Crippen molar-refractivity contribution in [2.45, 2.75) is 12.2 Å². The minimum absolute atomic E-state index is 0.209. The van der Waals surface area contributed by atoms with Crippen molar-refractivity contribution in [1.82, 2.24) is 4.90 Å². The maximum absolute atomic E-state index is 10.6. The predicted octanol–water partition coefficient (Wildman–Crippen LogP) is 0.580. The Morgan fingerprint density at radius 2 is 2.22 bits per heavy atom. The van der Waals surface area contributed by atoms with E-state index in [-0.39, 0.29) is 5.91 Å². The highest BCUT2D eigenvalue weighted by Gasteiger charge is 2.26. The molecule has 1 saturated heterocycles. The molecule has 0 bridgehead atoms. The molecule has 9 heavy (non-hydrogen) atoms. The van der Waals surface area contributed by atoms with Crippen molar-refractivity contribution >= 4 is 17.7 Å². The average Bonchev–Trinajstić information content (AvgIpc) is 1.61. The SMILES string of the molecule is CSC1CN(C(C)=O)C1. The zero-order valence-electron chi connectivity index (χ0n) is 5.76. The molecular weight excluding hydrogens is 134 g/mol. The van der Waals surface area contributed by atoms with Crippen molar-refractivity contribution in [3.05, 3.63) is 0 Å². The Labute approximate surface area is 59.6 Å². The molecule has 0 aliphatic carbocycles. The number of likely N-dealkylation sites (tertiary alicyclic amines) is 1. The first-order chi connectivity index (χ1) is 4.24. The summed E-state index contributed by atoms with van der Waals surface area (Å²) in [4.78, 5) is 12.5. The molecule has 0 aromatic carbocycles. The van der Waals surface area contributed by atoms with Crippen molar-refractivity contribution < 1.29 is 4.79 Å². The van der Waals surface area contributed by atoms with Gasteiger partial charge in [0.25, 0.3) is 0 Å². The lowest BCUT2D eigenvalue weighted by atomic mass is 10.2. The van der Waals surface area contributed by atoms with E-state index >= 15 is 0 Å². The summed E-state index contributed by atoms with van der Waals surface area (Å²) in [6.45, 7) is 3.53. The van der Waals surface area contributed by atoms with Gasteiger partial charge in [0.1, 0.15) is 0 Å². The lowest BCUT2D eigenvalue weighted by Crippen LogP contribution is -2.50. The van der Waals surface area contributed by atoms with E-state index in [9.17, 15) is 4.79 Å². The Morgan fingerprint density at radius 1 is 1.67 bits per heavy atom. The molecule has 1 amide bonds. The molecule has 1 aliphatic rings. The molecule has 0 unspecified atom stereocenters. The van der Waals surface area contributed by atoms with Crippen LogP contribution in [0.2, 0.25) is 0 Å². The fourth-order valence-corrected chi connectivity index (χ4v) is 1.50. The van der Waals surface area contributed by atoms with Gasteiger partial charge in [-0.25, -0.2) is 0 Å². The Hall–Kier alpha value is -0.180. The van der Waals surface area contributed by atoms with E-state index in [1.165, 1.54) is 0 Å². The van der Waals surface area contributed by atoms with Crippen LogP contribution in [0.4, 0.5) is 0 Å². The summed E-state index contributed by atoms with van der Waals surface area (Å²) in [5.74, 6) is 0.209. The molecule has 1 fully saturated rings. The van der Waals surface area contributed by atoms with Crippen LogP contribution in [0.5, 0.6) is 0 Å². The Kier molecular flexibility index (Phi) is 2.01. The van der Waals surface area contributed by atoms with Crippen LogP contribution in [0, 0.1) is 0 Å². The average molecular weight is 145 g/mol. The Morgan fingerprint density at radius 3 is 2.56 bits per heavy atom. The van der Waals surface area contributed by atoms with Gasteiger partial charge in [-0.3, -0.25) is 4.79 Å². The Balaban J connectivity index is 2.19. The standard InChI is InChI=1S/C6H11NOS/c1-5(8)7-3-6(4-7)9-2/h6H,3-4H2,1-2H3. The summed E-state index contributed by atoms with van der Waals surface area (Å²) in [6, 6.07) is 0. The number of hydrogen-bond acceptors (Lipinski definition) is 2. The number of amides is 1. The zero-order chi connectivity index (χ0) is 6.85. The number of carbonyl (C=O) groups is 1. The van der Waals surface area contributed by atoms with Crippen LogP contribution in [0.15, 0.2) is 0 Å². The molecule has 0 spiro atoms. The van der Waals surface area contributed by atoms with Gasteiger partial charge in [-0.1, -0.05) is 0 Å². The van der Waals surface area contributed by atoms with E-state index in [1.54, 1.807) is 6.92 Å². The van der Waals surface area contributed by atoms with E-state index in [1.807, 2.05) is 16.7 Å². The van der Waals surface area contributed by atoms with Gasteiger partial charge in [0.15, 0.2) is 0 Å². The van der Waals surface area contributed by atoms with Crippen LogP contribution < -0.4 is 0 Å². The van der Waals surface area contributed by atoms with E-state index in [0.29, 0.717) is 5.25 Å². The van der Waals surface area contributed by atoms with Crippen molar-refractivity contribution in [1.29, 1.82) is 0 Å². The van der Waals surface area contributed by atoms with Crippen molar-refractivity contribution in [2.24, 2.45) is 0 Å². The van der Waals surface area contributed by atoms with Crippen LogP contribution >= 0.6 is 11.8 Å². The molecule has 0 radical (unpaired) electrons. The highest BCUT2D eigenvalue weighted by Crippen LogP contribution is 2.18. The molecule has 1 rings (SSSR count). The van der Waals surface area contributed by atoms with Gasteiger partial charge in [-0.05, 0) is 6.26 Å². The van der Waals surface area contributed by atoms with Crippen molar-refractivity contribution in [3.8, 4) is 0 Å². The lowest BCUT2D eigenvalue weighted by Gasteiger charge is -2.37. The van der Waals surface area contributed by atoms with Crippen LogP contribution in [0.3, 0.4) is 0 Å². The van der Waals surface area contributed by atoms with Crippen molar-refractivity contribution in [2.75, 3.05) is 19.3 Å². The first kappa shape index (κ1) is 6.93. The summed E-state index contributed by atoms with van der Waals surface area (Å²) >= 11 is 1.84. The molecule has 0 saturated carbocycles. The zero-order valence-corrected chi connectivity index (χ0v) is 6.57. The van der Waals surface area contributed by atoms with Gasteiger partial charge in [-0.2, -0.15) is 11.8 Å². The molecular formula is C6H11NOS. The lowest BCUT2D eigenvalue weighted by molar-refractivity contribution is -0.131. The summed E-state index contributed by atoms with van der Waals surface area (Å²) < 4.78 is 0. The van der Waals surface area contributed by atoms with Crippen LogP contribution in [-0.2, 0) is 4.79 Å². The van der Waals surface area contributed by atoms with E-state index in [4.69, 9.17) is 0 Å². The van der Waals surface area contributed by atoms with E-state index in [2.05, 4.69) is 6.26 Å². The monoisotopic (exact) mass is 145 g/mol. The fraction of sp³-hybridized carbons (Fsp3) is 0.833. The van der Waals surface area contributed by atoms with E-state index in [0.717, 1.165) is 13.1 Å². The number of hydrogen-bond donors (Lipinski definition) is 0. The number of nitrogens with zero attached hydrogens (tertiary/aromatic N) is 1. The third-order valence-corrected chi connectivity index (χ3v) is 2.59.